The van der Waals surface area contributed by atoms with E-state index in [1.807, 2.05) is 6.92 Å². The Morgan fingerprint density at radius 1 is 0.400 bits per heavy atom. The molecule has 0 saturated heterocycles. The van der Waals surface area contributed by atoms with E-state index in [9.17, 15) is 0 Å². The van der Waals surface area contributed by atoms with Crippen LogP contribution in [0.1, 0.15) is 78.1 Å². The molecular weight excluding hydrogens is 320 g/mol. The summed E-state index contributed by atoms with van der Waals surface area (Å²) < 4.78 is 15.9. The Hall–Kier alpha value is -0.200. The first-order valence-electron chi connectivity index (χ1n) is 10.4. The van der Waals surface area contributed by atoms with Crippen molar-refractivity contribution in [1.82, 2.24) is 0 Å². The van der Waals surface area contributed by atoms with Gasteiger partial charge in [0.1, 0.15) is 6.61 Å². The summed E-state index contributed by atoms with van der Waals surface area (Å²) in [6, 6.07) is 0. The summed E-state index contributed by atoms with van der Waals surface area (Å²) in [6.07, 6.45) is 13.3. The van der Waals surface area contributed by atoms with Gasteiger partial charge in [0.2, 0.25) is 0 Å². The molecule has 0 aliphatic heterocycles. The topological polar surface area (TPSA) is 46.2 Å². The molecule has 0 aromatic carbocycles. The summed E-state index contributed by atoms with van der Waals surface area (Å²) in [5, 5.41) is 0. The van der Waals surface area contributed by atoms with Gasteiger partial charge in [-0.15, -0.1) is 0 Å². The molecule has 0 aliphatic rings. The number of ether oxygens (including phenoxy) is 3. The molecule has 25 heavy (non-hydrogen) atoms. The van der Waals surface area contributed by atoms with E-state index in [1.54, 1.807) is 0 Å². The zero-order valence-electron chi connectivity index (χ0n) is 16.8. The normalized spacial score (nSPS) is 11.3. The molecule has 0 saturated carbocycles. The van der Waals surface area contributed by atoms with Crippen LogP contribution in [0, 0.1) is 0 Å². The molecule has 0 N–H and O–H groups in total. The van der Waals surface area contributed by atoms with E-state index in [0.717, 1.165) is 13.0 Å². The van der Waals surface area contributed by atoms with Crippen LogP contribution in [0.4, 0.5) is 0 Å². The SMILES string of the molecule is CCCCCCCCCCCCOOCCOCCOCCOCC. The second kappa shape index (κ2) is 23.8. The van der Waals surface area contributed by atoms with Crippen LogP contribution in [-0.4, -0.2) is 52.9 Å². The first-order chi connectivity index (χ1) is 12.4. The summed E-state index contributed by atoms with van der Waals surface area (Å²) in [7, 11) is 0. The molecule has 0 unspecified atom stereocenters. The lowest BCUT2D eigenvalue weighted by Gasteiger charge is -2.07. The van der Waals surface area contributed by atoms with Gasteiger partial charge in [-0.25, -0.2) is 9.78 Å². The van der Waals surface area contributed by atoms with Crippen LogP contribution in [0.2, 0.25) is 0 Å². The van der Waals surface area contributed by atoms with Crippen molar-refractivity contribution in [2.45, 2.75) is 78.1 Å². The lowest BCUT2D eigenvalue weighted by Crippen LogP contribution is -2.12. The van der Waals surface area contributed by atoms with Gasteiger partial charge in [0.25, 0.3) is 0 Å². The molecule has 0 amide bonds. The highest BCUT2D eigenvalue weighted by Gasteiger charge is 1.95. The fourth-order valence-electron chi connectivity index (χ4n) is 2.44. The molecule has 0 heterocycles. The molecule has 5 heteroatoms. The average molecular weight is 363 g/mol. The molecular formula is C20H42O5. The van der Waals surface area contributed by atoms with Crippen molar-refractivity contribution in [1.29, 1.82) is 0 Å². The second-order valence-electron chi connectivity index (χ2n) is 6.25. The Morgan fingerprint density at radius 2 is 0.840 bits per heavy atom. The van der Waals surface area contributed by atoms with Crippen molar-refractivity contribution >= 4 is 0 Å². The fraction of sp³-hybridized carbons (Fsp3) is 1.00. The van der Waals surface area contributed by atoms with Crippen molar-refractivity contribution in [2.24, 2.45) is 0 Å². The first kappa shape index (κ1) is 24.8. The summed E-state index contributed by atoms with van der Waals surface area (Å²) >= 11 is 0. The van der Waals surface area contributed by atoms with E-state index in [2.05, 4.69) is 6.92 Å². The highest BCUT2D eigenvalue weighted by Crippen LogP contribution is 2.10. The maximum Gasteiger partial charge on any atom is 0.106 e. The fourth-order valence-corrected chi connectivity index (χ4v) is 2.44. The maximum atomic E-state index is 5.38. The van der Waals surface area contributed by atoms with E-state index < -0.39 is 0 Å². The lowest BCUT2D eigenvalue weighted by atomic mass is 10.1. The van der Waals surface area contributed by atoms with E-state index in [0.29, 0.717) is 46.2 Å². The second-order valence-corrected chi connectivity index (χ2v) is 6.25. The highest BCUT2D eigenvalue weighted by atomic mass is 17.2. The van der Waals surface area contributed by atoms with Crippen LogP contribution in [0.15, 0.2) is 0 Å². The Kier molecular flexibility index (Phi) is 23.6. The third-order valence-corrected chi connectivity index (χ3v) is 3.92. The summed E-state index contributed by atoms with van der Waals surface area (Å²) in [4.78, 5) is 10.2. The molecule has 0 aromatic rings. The zero-order valence-corrected chi connectivity index (χ0v) is 16.8. The summed E-state index contributed by atoms with van der Waals surface area (Å²) in [6.45, 7) is 9.08. The molecule has 0 radical (unpaired) electrons. The summed E-state index contributed by atoms with van der Waals surface area (Å²) in [5.41, 5.74) is 0. The molecule has 0 atom stereocenters. The van der Waals surface area contributed by atoms with Gasteiger partial charge in [-0.2, -0.15) is 0 Å². The molecule has 152 valence electrons. The highest BCUT2D eigenvalue weighted by molar-refractivity contribution is 4.47. The molecule has 0 rings (SSSR count). The van der Waals surface area contributed by atoms with Crippen LogP contribution in [-0.2, 0) is 24.0 Å². The van der Waals surface area contributed by atoms with Crippen molar-refractivity contribution in [3.63, 3.8) is 0 Å². The zero-order chi connectivity index (χ0) is 18.3. The number of rotatable bonds is 22. The van der Waals surface area contributed by atoms with Gasteiger partial charge in [-0.05, 0) is 13.3 Å². The minimum absolute atomic E-state index is 0.469. The quantitative estimate of drug-likeness (QED) is 0.155. The van der Waals surface area contributed by atoms with Crippen molar-refractivity contribution in [3.05, 3.63) is 0 Å². The Bertz CT molecular complexity index is 204. The Balaban J connectivity index is 2.94. The minimum Gasteiger partial charge on any atom is -0.379 e. The molecule has 0 bridgehead atoms. The van der Waals surface area contributed by atoms with Gasteiger partial charge in [-0.1, -0.05) is 64.7 Å². The smallest absolute Gasteiger partial charge is 0.106 e. The molecule has 5 nitrogen and oxygen atoms in total. The first-order valence-corrected chi connectivity index (χ1v) is 10.4. The number of unbranched alkanes of at least 4 members (excludes halogenated alkanes) is 9. The third kappa shape index (κ3) is 23.8. The molecule has 0 fully saturated rings. The third-order valence-electron chi connectivity index (χ3n) is 3.92. The largest absolute Gasteiger partial charge is 0.379 e. The maximum absolute atomic E-state index is 5.38. The van der Waals surface area contributed by atoms with E-state index >= 15 is 0 Å². The van der Waals surface area contributed by atoms with E-state index in [4.69, 9.17) is 24.0 Å². The summed E-state index contributed by atoms with van der Waals surface area (Å²) in [5.74, 6) is 0. The average Bonchev–Trinajstić information content (AvgIpc) is 2.63. The van der Waals surface area contributed by atoms with E-state index in [-0.39, 0.29) is 0 Å². The van der Waals surface area contributed by atoms with Gasteiger partial charge in [-0.3, -0.25) is 0 Å². The Morgan fingerprint density at radius 3 is 1.40 bits per heavy atom. The number of hydrogen-bond acceptors (Lipinski definition) is 5. The van der Waals surface area contributed by atoms with Gasteiger partial charge < -0.3 is 14.2 Å². The monoisotopic (exact) mass is 362 g/mol. The Labute approximate surface area is 155 Å². The van der Waals surface area contributed by atoms with Crippen molar-refractivity contribution < 1.29 is 24.0 Å². The predicted octanol–water partition coefficient (Wildman–Crippen LogP) is 4.93. The van der Waals surface area contributed by atoms with Crippen molar-refractivity contribution in [3.8, 4) is 0 Å². The van der Waals surface area contributed by atoms with Crippen molar-refractivity contribution in [2.75, 3.05) is 52.9 Å². The van der Waals surface area contributed by atoms with Crippen LogP contribution in [0.3, 0.4) is 0 Å². The number of hydrogen-bond donors (Lipinski definition) is 0. The van der Waals surface area contributed by atoms with Crippen LogP contribution in [0.5, 0.6) is 0 Å². The van der Waals surface area contributed by atoms with Gasteiger partial charge in [0, 0.05) is 6.61 Å². The van der Waals surface area contributed by atoms with Gasteiger partial charge in [0.05, 0.1) is 39.6 Å². The standard InChI is InChI=1S/C20H42O5/c1-3-5-6-7-8-9-10-11-12-13-14-24-25-20-19-23-18-17-22-16-15-21-4-2/h3-20H2,1-2H3. The van der Waals surface area contributed by atoms with Gasteiger partial charge >= 0.3 is 0 Å². The predicted molar refractivity (Wildman–Crippen MR) is 102 cm³/mol. The molecule has 0 aromatic heterocycles. The van der Waals surface area contributed by atoms with Crippen LogP contribution < -0.4 is 0 Å². The van der Waals surface area contributed by atoms with Gasteiger partial charge in [0.15, 0.2) is 0 Å². The van der Waals surface area contributed by atoms with Crippen LogP contribution in [0.25, 0.3) is 0 Å². The minimum atomic E-state index is 0.469. The van der Waals surface area contributed by atoms with E-state index in [1.165, 1.54) is 57.8 Å². The molecule has 0 spiro atoms. The lowest BCUT2D eigenvalue weighted by molar-refractivity contribution is -0.299. The molecule has 0 aliphatic carbocycles. The van der Waals surface area contributed by atoms with Crippen LogP contribution >= 0.6 is 0 Å².